The lowest BCUT2D eigenvalue weighted by atomic mass is 10.1. The van der Waals surface area contributed by atoms with Crippen LogP contribution in [-0.4, -0.2) is 33.2 Å². The van der Waals surface area contributed by atoms with Crippen LogP contribution in [0, 0.1) is 6.92 Å². The van der Waals surface area contributed by atoms with Gasteiger partial charge in [0.25, 0.3) is 11.5 Å². The molecular weight excluding hydrogens is 400 g/mol. The van der Waals surface area contributed by atoms with Crippen LogP contribution in [0.1, 0.15) is 21.5 Å². The predicted molar refractivity (Wildman–Crippen MR) is 117 cm³/mol. The van der Waals surface area contributed by atoms with E-state index in [4.69, 9.17) is 4.74 Å². The van der Waals surface area contributed by atoms with Crippen molar-refractivity contribution in [2.75, 3.05) is 13.2 Å². The fourth-order valence-corrected chi connectivity index (χ4v) is 3.95. The normalized spacial score (nSPS) is 11.0. The zero-order chi connectivity index (χ0) is 21.1. The lowest BCUT2D eigenvalue weighted by Crippen LogP contribution is -2.30. The molecule has 0 atom stereocenters. The Balaban J connectivity index is 1.48. The first kappa shape index (κ1) is 19.9. The molecule has 0 aliphatic carbocycles. The van der Waals surface area contributed by atoms with Gasteiger partial charge < -0.3 is 14.6 Å². The van der Waals surface area contributed by atoms with Crippen LogP contribution in [0.15, 0.2) is 59.7 Å². The van der Waals surface area contributed by atoms with E-state index >= 15 is 0 Å². The summed E-state index contributed by atoms with van der Waals surface area (Å²) in [6.45, 7) is 5.26. The minimum atomic E-state index is -0.150. The van der Waals surface area contributed by atoms with E-state index in [1.807, 2.05) is 50.2 Å². The van der Waals surface area contributed by atoms with Crippen LogP contribution < -0.4 is 15.6 Å². The number of aryl methyl sites for hydroxylation is 1. The Labute approximate surface area is 177 Å². The third-order valence-corrected chi connectivity index (χ3v) is 5.67. The van der Waals surface area contributed by atoms with Crippen molar-refractivity contribution in [2.24, 2.45) is 0 Å². The molecule has 0 spiro atoms. The number of nitrogens with zero attached hydrogens (tertiary/aromatic N) is 3. The molecule has 1 amide bonds. The first-order valence-electron chi connectivity index (χ1n) is 9.72. The zero-order valence-electron chi connectivity index (χ0n) is 16.8. The second-order valence-corrected chi connectivity index (χ2v) is 8.07. The average Bonchev–Trinajstić information content (AvgIpc) is 3.37. The number of thiophene rings is 1. The van der Waals surface area contributed by atoms with E-state index in [1.54, 1.807) is 27.5 Å². The second-order valence-electron chi connectivity index (χ2n) is 6.78. The standard InChI is InChI=1S/C22H22N4O3S/c1-3-29-17-7-5-16(6-8-17)18-14-19-22(28)25(12-13-26(19)24-18)11-10-23-21(27)20-9-4-15(2)30-20/h4-9,12-14H,3,10-11H2,1-2H3,(H,23,27). The number of nitrogens with one attached hydrogen (secondary N) is 1. The molecule has 0 aliphatic rings. The summed E-state index contributed by atoms with van der Waals surface area (Å²) in [5.41, 5.74) is 1.96. The van der Waals surface area contributed by atoms with E-state index in [0.717, 1.165) is 16.2 Å². The van der Waals surface area contributed by atoms with Crippen LogP contribution in [0.3, 0.4) is 0 Å². The Kier molecular flexibility index (Phi) is 5.67. The van der Waals surface area contributed by atoms with E-state index in [0.29, 0.717) is 35.8 Å². The molecule has 4 aromatic rings. The van der Waals surface area contributed by atoms with Crippen LogP contribution in [0.5, 0.6) is 5.75 Å². The molecule has 0 aliphatic heterocycles. The van der Waals surface area contributed by atoms with Gasteiger partial charge in [-0.1, -0.05) is 0 Å². The average molecular weight is 423 g/mol. The highest BCUT2D eigenvalue weighted by atomic mass is 32.1. The van der Waals surface area contributed by atoms with Gasteiger partial charge in [0.2, 0.25) is 0 Å². The molecule has 4 rings (SSSR count). The van der Waals surface area contributed by atoms with Gasteiger partial charge in [-0.2, -0.15) is 5.10 Å². The SMILES string of the molecule is CCOc1ccc(-c2cc3c(=O)n(CCNC(=O)c4ccc(C)s4)ccn3n2)cc1. The third kappa shape index (κ3) is 4.13. The Bertz CT molecular complexity index is 1240. The molecule has 1 aromatic carbocycles. The van der Waals surface area contributed by atoms with E-state index in [1.165, 1.54) is 11.3 Å². The van der Waals surface area contributed by atoms with E-state index in [9.17, 15) is 9.59 Å². The molecule has 8 heteroatoms. The maximum Gasteiger partial charge on any atom is 0.276 e. The summed E-state index contributed by atoms with van der Waals surface area (Å²) >= 11 is 1.45. The van der Waals surface area contributed by atoms with Crippen LogP contribution in [0.4, 0.5) is 0 Å². The molecule has 0 unspecified atom stereocenters. The number of aromatic nitrogens is 3. The number of carbonyl (C=O) groups excluding carboxylic acids is 1. The van der Waals surface area contributed by atoms with Crippen LogP contribution >= 0.6 is 11.3 Å². The number of amides is 1. The van der Waals surface area contributed by atoms with E-state index in [-0.39, 0.29) is 11.5 Å². The van der Waals surface area contributed by atoms with Crippen molar-refractivity contribution in [3.05, 3.63) is 75.0 Å². The Morgan fingerprint density at radius 2 is 1.97 bits per heavy atom. The smallest absolute Gasteiger partial charge is 0.276 e. The first-order valence-corrected chi connectivity index (χ1v) is 10.5. The quantitative estimate of drug-likeness (QED) is 0.495. The highest BCUT2D eigenvalue weighted by Gasteiger charge is 2.11. The molecule has 0 radical (unpaired) electrons. The van der Waals surface area contributed by atoms with Gasteiger partial charge in [0.15, 0.2) is 0 Å². The molecule has 0 fully saturated rings. The highest BCUT2D eigenvalue weighted by Crippen LogP contribution is 2.22. The van der Waals surface area contributed by atoms with Gasteiger partial charge in [0.1, 0.15) is 11.3 Å². The van der Waals surface area contributed by atoms with Crippen molar-refractivity contribution in [1.29, 1.82) is 0 Å². The summed E-state index contributed by atoms with van der Waals surface area (Å²) in [6.07, 6.45) is 3.44. The molecule has 3 heterocycles. The number of benzene rings is 1. The molecule has 7 nitrogen and oxygen atoms in total. The largest absolute Gasteiger partial charge is 0.494 e. The summed E-state index contributed by atoms with van der Waals surface area (Å²) in [5, 5.41) is 7.37. The van der Waals surface area contributed by atoms with Gasteiger partial charge in [0.05, 0.1) is 17.2 Å². The molecule has 1 N–H and O–H groups in total. The topological polar surface area (TPSA) is 77.6 Å². The van der Waals surface area contributed by atoms with Crippen molar-refractivity contribution >= 4 is 22.8 Å². The summed E-state index contributed by atoms with van der Waals surface area (Å²) in [6, 6.07) is 13.1. The molecule has 3 aromatic heterocycles. The highest BCUT2D eigenvalue weighted by molar-refractivity contribution is 7.13. The molecule has 0 bridgehead atoms. The van der Waals surface area contributed by atoms with Gasteiger partial charge in [-0.25, -0.2) is 4.52 Å². The van der Waals surface area contributed by atoms with Gasteiger partial charge >= 0.3 is 0 Å². The monoisotopic (exact) mass is 422 g/mol. The fourth-order valence-electron chi connectivity index (χ4n) is 3.17. The fraction of sp³-hybridized carbons (Fsp3) is 0.227. The number of hydrogen-bond donors (Lipinski definition) is 1. The zero-order valence-corrected chi connectivity index (χ0v) is 17.6. The lowest BCUT2D eigenvalue weighted by molar-refractivity contribution is 0.0956. The number of rotatable bonds is 7. The van der Waals surface area contributed by atoms with Gasteiger partial charge in [-0.3, -0.25) is 9.59 Å². The second kappa shape index (κ2) is 8.54. The maximum atomic E-state index is 12.8. The lowest BCUT2D eigenvalue weighted by Gasteiger charge is -2.07. The van der Waals surface area contributed by atoms with Gasteiger partial charge in [-0.15, -0.1) is 11.3 Å². The summed E-state index contributed by atoms with van der Waals surface area (Å²) in [4.78, 5) is 26.8. The number of ether oxygens (including phenoxy) is 1. The number of hydrogen-bond acceptors (Lipinski definition) is 5. The van der Waals surface area contributed by atoms with Crippen molar-refractivity contribution in [3.63, 3.8) is 0 Å². The van der Waals surface area contributed by atoms with E-state index < -0.39 is 0 Å². The first-order chi connectivity index (χ1) is 14.5. The molecule has 30 heavy (non-hydrogen) atoms. The maximum absolute atomic E-state index is 12.8. The third-order valence-electron chi connectivity index (χ3n) is 4.67. The molecule has 0 saturated heterocycles. The minimum absolute atomic E-state index is 0.121. The Hall–Kier alpha value is -3.39. The minimum Gasteiger partial charge on any atom is -0.494 e. The summed E-state index contributed by atoms with van der Waals surface area (Å²) in [5.74, 6) is 0.677. The van der Waals surface area contributed by atoms with Crippen LogP contribution in [-0.2, 0) is 6.54 Å². The number of fused-ring (bicyclic) bond motifs is 1. The van der Waals surface area contributed by atoms with Gasteiger partial charge in [0, 0.05) is 35.9 Å². The molecule has 154 valence electrons. The summed E-state index contributed by atoms with van der Waals surface area (Å²) < 4.78 is 8.63. The summed E-state index contributed by atoms with van der Waals surface area (Å²) in [7, 11) is 0. The van der Waals surface area contributed by atoms with Crippen molar-refractivity contribution in [3.8, 4) is 17.0 Å². The molecular formula is C22H22N4O3S. The Morgan fingerprint density at radius 1 is 1.17 bits per heavy atom. The van der Waals surface area contributed by atoms with Crippen LogP contribution in [0.25, 0.3) is 16.8 Å². The Morgan fingerprint density at radius 3 is 2.67 bits per heavy atom. The van der Waals surface area contributed by atoms with Crippen molar-refractivity contribution in [2.45, 2.75) is 20.4 Å². The van der Waals surface area contributed by atoms with E-state index in [2.05, 4.69) is 10.4 Å². The van der Waals surface area contributed by atoms with Crippen molar-refractivity contribution in [1.82, 2.24) is 19.5 Å². The van der Waals surface area contributed by atoms with Crippen molar-refractivity contribution < 1.29 is 9.53 Å². The predicted octanol–water partition coefficient (Wildman–Crippen LogP) is 3.36. The van der Waals surface area contributed by atoms with Crippen LogP contribution in [0.2, 0.25) is 0 Å². The molecule has 0 saturated carbocycles. The van der Waals surface area contributed by atoms with Gasteiger partial charge in [-0.05, 0) is 56.3 Å². The number of carbonyl (C=O) groups is 1.